The van der Waals surface area contributed by atoms with Crippen molar-refractivity contribution in [1.82, 2.24) is 4.90 Å². The molecule has 0 amide bonds. The molecule has 1 nitrogen and oxygen atoms in total. The Morgan fingerprint density at radius 3 is 2.50 bits per heavy atom. The maximum absolute atomic E-state index is 5.19. The molecule has 0 aromatic carbocycles. The number of terminal acetylenes is 1. The van der Waals surface area contributed by atoms with Crippen molar-refractivity contribution in [2.45, 2.75) is 26.7 Å². The van der Waals surface area contributed by atoms with Crippen molar-refractivity contribution in [1.29, 1.82) is 0 Å². The summed E-state index contributed by atoms with van der Waals surface area (Å²) in [5.41, 5.74) is 0. The normalized spacial score (nSPS) is 9.80. The molecule has 0 bridgehead atoms. The zero-order chi connectivity index (χ0) is 7.82. The van der Waals surface area contributed by atoms with Gasteiger partial charge in [-0.15, -0.1) is 6.42 Å². The molecule has 0 aliphatic carbocycles. The van der Waals surface area contributed by atoms with E-state index in [4.69, 9.17) is 6.42 Å². The van der Waals surface area contributed by atoms with Crippen LogP contribution in [0, 0.1) is 12.3 Å². The summed E-state index contributed by atoms with van der Waals surface area (Å²) >= 11 is 0. The van der Waals surface area contributed by atoms with Gasteiger partial charge in [0, 0.05) is 0 Å². The van der Waals surface area contributed by atoms with E-state index in [9.17, 15) is 0 Å². The summed E-state index contributed by atoms with van der Waals surface area (Å²) in [6.07, 6.45) is 7.70. The Morgan fingerprint density at radius 1 is 1.40 bits per heavy atom. The van der Waals surface area contributed by atoms with E-state index >= 15 is 0 Å². The SMILES string of the molecule is C#CCN(CC)CCCC. The summed E-state index contributed by atoms with van der Waals surface area (Å²) in [6.45, 7) is 7.37. The van der Waals surface area contributed by atoms with Gasteiger partial charge in [-0.25, -0.2) is 0 Å². The van der Waals surface area contributed by atoms with Crippen LogP contribution < -0.4 is 0 Å². The van der Waals surface area contributed by atoms with Crippen molar-refractivity contribution in [3.8, 4) is 12.3 Å². The molecule has 0 unspecified atom stereocenters. The molecule has 1 heteroatoms. The summed E-state index contributed by atoms with van der Waals surface area (Å²) in [5, 5.41) is 0. The van der Waals surface area contributed by atoms with Gasteiger partial charge in [-0.3, -0.25) is 4.90 Å². The van der Waals surface area contributed by atoms with Gasteiger partial charge in [0.1, 0.15) is 0 Å². The standard InChI is InChI=1S/C9H17N/c1-4-7-9-10(6-3)8-5-2/h2H,4,6-9H2,1,3H3. The van der Waals surface area contributed by atoms with Crippen molar-refractivity contribution < 1.29 is 0 Å². The van der Waals surface area contributed by atoms with Crippen LogP contribution in [0.4, 0.5) is 0 Å². The molecule has 0 atom stereocenters. The van der Waals surface area contributed by atoms with Crippen molar-refractivity contribution in [2.75, 3.05) is 19.6 Å². The molecule has 0 rings (SSSR count). The lowest BCUT2D eigenvalue weighted by molar-refractivity contribution is 0.318. The van der Waals surface area contributed by atoms with Crippen LogP contribution in [0.5, 0.6) is 0 Å². The van der Waals surface area contributed by atoms with Gasteiger partial charge in [0.2, 0.25) is 0 Å². The number of unbranched alkanes of at least 4 members (excludes halogenated alkanes) is 1. The molecule has 0 spiro atoms. The Balaban J connectivity index is 3.32. The summed E-state index contributed by atoms with van der Waals surface area (Å²) in [5.74, 6) is 2.65. The highest BCUT2D eigenvalue weighted by Gasteiger charge is 1.96. The highest BCUT2D eigenvalue weighted by molar-refractivity contribution is 4.87. The van der Waals surface area contributed by atoms with Gasteiger partial charge < -0.3 is 0 Å². The maximum Gasteiger partial charge on any atom is 0.0598 e. The second-order valence-corrected chi connectivity index (χ2v) is 2.43. The van der Waals surface area contributed by atoms with Crippen molar-refractivity contribution in [2.24, 2.45) is 0 Å². The van der Waals surface area contributed by atoms with Crippen LogP contribution in [0.3, 0.4) is 0 Å². The van der Waals surface area contributed by atoms with Gasteiger partial charge in [-0.05, 0) is 19.5 Å². The monoisotopic (exact) mass is 139 g/mol. The molecular weight excluding hydrogens is 122 g/mol. The Kier molecular flexibility index (Phi) is 6.32. The molecule has 0 aromatic heterocycles. The lowest BCUT2D eigenvalue weighted by atomic mass is 10.3. The third-order valence-electron chi connectivity index (χ3n) is 1.59. The van der Waals surface area contributed by atoms with E-state index in [0.29, 0.717) is 0 Å². The van der Waals surface area contributed by atoms with E-state index in [1.807, 2.05) is 0 Å². The number of hydrogen-bond acceptors (Lipinski definition) is 1. The molecule has 0 fully saturated rings. The second kappa shape index (κ2) is 6.64. The number of rotatable bonds is 5. The first kappa shape index (κ1) is 9.52. The van der Waals surface area contributed by atoms with E-state index in [0.717, 1.165) is 19.6 Å². The van der Waals surface area contributed by atoms with Gasteiger partial charge >= 0.3 is 0 Å². The molecular formula is C9H17N. The highest BCUT2D eigenvalue weighted by atomic mass is 15.1. The minimum absolute atomic E-state index is 0.802. The first-order chi connectivity index (χ1) is 4.85. The third-order valence-corrected chi connectivity index (χ3v) is 1.59. The van der Waals surface area contributed by atoms with E-state index in [1.165, 1.54) is 12.8 Å². The summed E-state index contributed by atoms with van der Waals surface area (Å²) in [4.78, 5) is 2.28. The fraction of sp³-hybridized carbons (Fsp3) is 0.778. The maximum atomic E-state index is 5.19. The van der Waals surface area contributed by atoms with Gasteiger partial charge in [0.15, 0.2) is 0 Å². The summed E-state index contributed by atoms with van der Waals surface area (Å²) in [6, 6.07) is 0. The summed E-state index contributed by atoms with van der Waals surface area (Å²) in [7, 11) is 0. The topological polar surface area (TPSA) is 3.24 Å². The highest BCUT2D eigenvalue weighted by Crippen LogP contribution is 1.92. The predicted octanol–water partition coefficient (Wildman–Crippen LogP) is 1.74. The van der Waals surface area contributed by atoms with Gasteiger partial charge in [0.05, 0.1) is 6.54 Å². The van der Waals surface area contributed by atoms with Gasteiger partial charge in [-0.1, -0.05) is 26.2 Å². The molecule has 0 saturated carbocycles. The first-order valence-electron chi connectivity index (χ1n) is 4.01. The average Bonchev–Trinajstić information content (AvgIpc) is 1.98. The zero-order valence-corrected chi connectivity index (χ0v) is 7.06. The second-order valence-electron chi connectivity index (χ2n) is 2.43. The van der Waals surface area contributed by atoms with Gasteiger partial charge in [0.25, 0.3) is 0 Å². The van der Waals surface area contributed by atoms with Crippen LogP contribution in [0.2, 0.25) is 0 Å². The smallest absolute Gasteiger partial charge is 0.0598 e. The van der Waals surface area contributed by atoms with Crippen LogP contribution in [0.1, 0.15) is 26.7 Å². The van der Waals surface area contributed by atoms with Gasteiger partial charge in [-0.2, -0.15) is 0 Å². The molecule has 0 heterocycles. The molecule has 0 N–H and O–H groups in total. The van der Waals surface area contributed by atoms with Crippen molar-refractivity contribution >= 4 is 0 Å². The minimum Gasteiger partial charge on any atom is -0.293 e. The Bertz CT molecular complexity index is 102. The van der Waals surface area contributed by atoms with E-state index in [2.05, 4.69) is 24.7 Å². The van der Waals surface area contributed by atoms with E-state index in [-0.39, 0.29) is 0 Å². The van der Waals surface area contributed by atoms with Crippen molar-refractivity contribution in [3.05, 3.63) is 0 Å². The van der Waals surface area contributed by atoms with Crippen LogP contribution in [-0.4, -0.2) is 24.5 Å². The molecule has 10 heavy (non-hydrogen) atoms. The molecule has 0 aromatic rings. The predicted molar refractivity (Wildman–Crippen MR) is 45.9 cm³/mol. The molecule has 0 radical (unpaired) electrons. The average molecular weight is 139 g/mol. The Labute approximate surface area is 64.4 Å². The van der Waals surface area contributed by atoms with E-state index in [1.54, 1.807) is 0 Å². The van der Waals surface area contributed by atoms with Crippen LogP contribution in [-0.2, 0) is 0 Å². The van der Waals surface area contributed by atoms with Crippen LogP contribution in [0.15, 0.2) is 0 Å². The molecule has 0 aliphatic heterocycles. The third kappa shape index (κ3) is 4.40. The Hall–Kier alpha value is -0.480. The molecule has 0 aliphatic rings. The summed E-state index contributed by atoms with van der Waals surface area (Å²) < 4.78 is 0. The largest absolute Gasteiger partial charge is 0.293 e. The minimum atomic E-state index is 0.802. The van der Waals surface area contributed by atoms with Crippen LogP contribution >= 0.6 is 0 Å². The fourth-order valence-electron chi connectivity index (χ4n) is 0.860. The Morgan fingerprint density at radius 2 is 2.10 bits per heavy atom. The lowest BCUT2D eigenvalue weighted by Gasteiger charge is -2.15. The number of hydrogen-bond donors (Lipinski definition) is 0. The quantitative estimate of drug-likeness (QED) is 0.524. The fourth-order valence-corrected chi connectivity index (χ4v) is 0.860. The van der Waals surface area contributed by atoms with Crippen molar-refractivity contribution in [3.63, 3.8) is 0 Å². The number of nitrogens with zero attached hydrogens (tertiary/aromatic N) is 1. The lowest BCUT2D eigenvalue weighted by Crippen LogP contribution is -2.24. The molecule has 0 saturated heterocycles. The molecule has 58 valence electrons. The first-order valence-corrected chi connectivity index (χ1v) is 4.01. The van der Waals surface area contributed by atoms with E-state index < -0.39 is 0 Å². The van der Waals surface area contributed by atoms with Crippen LogP contribution in [0.25, 0.3) is 0 Å². The zero-order valence-electron chi connectivity index (χ0n) is 7.06.